The number of halogens is 1. The summed E-state index contributed by atoms with van der Waals surface area (Å²) in [6.45, 7) is 4.05. The van der Waals surface area contributed by atoms with Crippen LogP contribution < -0.4 is 15.0 Å². The largest absolute Gasteiger partial charge is 0.494 e. The van der Waals surface area contributed by atoms with Crippen LogP contribution in [0.3, 0.4) is 0 Å². The van der Waals surface area contributed by atoms with E-state index in [9.17, 15) is 9.18 Å². The number of carbonyl (C=O) groups excluding carboxylic acids is 1. The van der Waals surface area contributed by atoms with Gasteiger partial charge in [-0.25, -0.2) is 8.91 Å². The number of likely N-dealkylation sites (N-methyl/N-ethyl adjacent to an activating group) is 1. The van der Waals surface area contributed by atoms with Crippen molar-refractivity contribution in [1.82, 2.24) is 19.5 Å². The number of nitrogens with one attached hydrogen (secondary N) is 1. The summed E-state index contributed by atoms with van der Waals surface area (Å²) in [5.74, 6) is 1.00. The Bertz CT molecular complexity index is 1690. The van der Waals surface area contributed by atoms with Crippen molar-refractivity contribution in [3.63, 3.8) is 0 Å². The molecular weight excluding hydrogens is 531 g/mol. The van der Waals surface area contributed by atoms with E-state index in [4.69, 9.17) is 4.74 Å². The molecule has 9 heteroatoms. The van der Waals surface area contributed by atoms with Gasteiger partial charge in [0, 0.05) is 62.5 Å². The van der Waals surface area contributed by atoms with Crippen molar-refractivity contribution >= 4 is 28.8 Å². The Morgan fingerprint density at radius 1 is 0.881 bits per heavy atom. The molecule has 0 aliphatic carbocycles. The predicted molar refractivity (Wildman–Crippen MR) is 163 cm³/mol. The molecule has 2 aromatic heterocycles. The standard InChI is InChI=1S/C33H33FN6O2/c1-38-15-17-39(18-16-38)28-12-13-30(31(21-28)42-2)35-33-36-32-14-9-26(22-40(32)37-33)25-7-3-23(4-8-25)19-29(41)20-24-5-10-27(34)11-6-24/h3-14,21-22H,15-20H2,1-2H3,(H,35,37). The molecule has 3 heterocycles. The smallest absolute Gasteiger partial charge is 0.247 e. The number of fused-ring (bicyclic) bond motifs is 1. The summed E-state index contributed by atoms with van der Waals surface area (Å²) in [4.78, 5) is 21.9. The zero-order valence-electron chi connectivity index (χ0n) is 23.8. The summed E-state index contributed by atoms with van der Waals surface area (Å²) in [6.07, 6.45) is 2.55. The summed E-state index contributed by atoms with van der Waals surface area (Å²) in [5, 5.41) is 7.96. The van der Waals surface area contributed by atoms with Crippen molar-refractivity contribution < 1.29 is 13.9 Å². The van der Waals surface area contributed by atoms with Gasteiger partial charge in [-0.3, -0.25) is 4.79 Å². The lowest BCUT2D eigenvalue weighted by Crippen LogP contribution is -2.44. The van der Waals surface area contributed by atoms with Crippen LogP contribution >= 0.6 is 0 Å². The van der Waals surface area contributed by atoms with Gasteiger partial charge in [-0.15, -0.1) is 5.10 Å². The second-order valence-electron chi connectivity index (χ2n) is 10.7. The number of Topliss-reactive ketones (excluding diaryl/α,β-unsaturated/α-hetero) is 1. The molecular formula is C33H33FN6O2. The van der Waals surface area contributed by atoms with E-state index in [-0.39, 0.29) is 18.0 Å². The topological polar surface area (TPSA) is 75.0 Å². The zero-order valence-corrected chi connectivity index (χ0v) is 23.8. The Morgan fingerprint density at radius 3 is 2.24 bits per heavy atom. The quantitative estimate of drug-likeness (QED) is 0.257. The van der Waals surface area contributed by atoms with Crippen LogP contribution in [0.25, 0.3) is 16.8 Å². The molecule has 0 unspecified atom stereocenters. The Labute approximate surface area is 244 Å². The monoisotopic (exact) mass is 564 g/mol. The fourth-order valence-corrected chi connectivity index (χ4v) is 5.21. The second-order valence-corrected chi connectivity index (χ2v) is 10.7. The number of anilines is 3. The van der Waals surface area contributed by atoms with Crippen LogP contribution in [0.15, 0.2) is 85.1 Å². The maximum Gasteiger partial charge on any atom is 0.247 e. The fourth-order valence-electron chi connectivity index (χ4n) is 5.21. The third-order valence-electron chi connectivity index (χ3n) is 7.63. The lowest BCUT2D eigenvalue weighted by atomic mass is 10.0. The number of piperazine rings is 1. The van der Waals surface area contributed by atoms with Gasteiger partial charge < -0.3 is 19.9 Å². The highest BCUT2D eigenvalue weighted by Crippen LogP contribution is 2.32. The maximum atomic E-state index is 13.1. The van der Waals surface area contributed by atoms with Crippen LogP contribution in [-0.4, -0.2) is 65.6 Å². The summed E-state index contributed by atoms with van der Waals surface area (Å²) in [6, 6.07) is 24.1. The van der Waals surface area contributed by atoms with Crippen LogP contribution in [0, 0.1) is 5.82 Å². The molecule has 0 amide bonds. The van der Waals surface area contributed by atoms with E-state index in [2.05, 4.69) is 44.4 Å². The fraction of sp³-hybridized carbons (Fsp3) is 0.242. The number of hydrogen-bond acceptors (Lipinski definition) is 7. The molecule has 5 aromatic rings. The molecule has 0 bridgehead atoms. The first kappa shape index (κ1) is 27.4. The van der Waals surface area contributed by atoms with Crippen LogP contribution in [0.2, 0.25) is 0 Å². The molecule has 6 rings (SSSR count). The number of carbonyl (C=O) groups is 1. The van der Waals surface area contributed by atoms with Gasteiger partial charge in [0.15, 0.2) is 5.65 Å². The molecule has 42 heavy (non-hydrogen) atoms. The Hall–Kier alpha value is -4.76. The minimum absolute atomic E-state index is 0.0871. The van der Waals surface area contributed by atoms with Crippen molar-refractivity contribution in [2.75, 3.05) is 50.6 Å². The molecule has 1 saturated heterocycles. The van der Waals surface area contributed by atoms with Crippen molar-refractivity contribution in [1.29, 1.82) is 0 Å². The molecule has 0 saturated carbocycles. The van der Waals surface area contributed by atoms with Gasteiger partial charge in [-0.1, -0.05) is 36.4 Å². The summed E-state index contributed by atoms with van der Waals surface area (Å²) in [7, 11) is 3.82. The van der Waals surface area contributed by atoms with Gasteiger partial charge >= 0.3 is 0 Å². The van der Waals surface area contributed by atoms with Crippen molar-refractivity contribution in [3.8, 4) is 16.9 Å². The van der Waals surface area contributed by atoms with E-state index in [0.29, 0.717) is 12.4 Å². The predicted octanol–water partition coefficient (Wildman–Crippen LogP) is 5.39. The molecule has 3 aromatic carbocycles. The number of nitrogens with zero attached hydrogens (tertiary/aromatic N) is 5. The summed E-state index contributed by atoms with van der Waals surface area (Å²) in [5.41, 5.74) is 6.41. The number of pyridine rings is 1. The third-order valence-corrected chi connectivity index (χ3v) is 7.63. The number of benzene rings is 3. The van der Waals surface area contributed by atoms with Gasteiger partial charge in [0.05, 0.1) is 12.8 Å². The minimum atomic E-state index is -0.301. The van der Waals surface area contributed by atoms with Crippen molar-refractivity contribution in [2.24, 2.45) is 0 Å². The lowest BCUT2D eigenvalue weighted by molar-refractivity contribution is -0.117. The highest BCUT2D eigenvalue weighted by Gasteiger charge is 2.17. The minimum Gasteiger partial charge on any atom is -0.494 e. The molecule has 0 atom stereocenters. The first-order valence-electron chi connectivity index (χ1n) is 14.0. The third kappa shape index (κ3) is 6.26. The number of hydrogen-bond donors (Lipinski definition) is 1. The second kappa shape index (κ2) is 12.0. The van der Waals surface area contributed by atoms with Crippen LogP contribution in [-0.2, 0) is 17.6 Å². The Balaban J connectivity index is 1.12. The van der Waals surface area contributed by atoms with E-state index >= 15 is 0 Å². The highest BCUT2D eigenvalue weighted by molar-refractivity contribution is 5.83. The first-order chi connectivity index (χ1) is 20.4. The first-order valence-corrected chi connectivity index (χ1v) is 14.0. The van der Waals surface area contributed by atoms with E-state index in [1.807, 2.05) is 48.7 Å². The normalized spacial score (nSPS) is 13.8. The Kier molecular flexibility index (Phi) is 7.83. The average molecular weight is 565 g/mol. The van der Waals surface area contributed by atoms with Crippen LogP contribution in [0.1, 0.15) is 11.1 Å². The molecule has 8 nitrogen and oxygen atoms in total. The van der Waals surface area contributed by atoms with Gasteiger partial charge in [0.25, 0.3) is 0 Å². The molecule has 1 N–H and O–H groups in total. The van der Waals surface area contributed by atoms with E-state index in [1.165, 1.54) is 12.1 Å². The number of aromatic nitrogens is 3. The average Bonchev–Trinajstić information content (AvgIpc) is 3.41. The van der Waals surface area contributed by atoms with Gasteiger partial charge in [-0.2, -0.15) is 4.98 Å². The molecule has 1 fully saturated rings. The van der Waals surface area contributed by atoms with Gasteiger partial charge in [-0.05, 0) is 60.1 Å². The van der Waals surface area contributed by atoms with Crippen LogP contribution in [0.4, 0.5) is 21.7 Å². The molecule has 1 aliphatic heterocycles. The van der Waals surface area contributed by atoms with E-state index < -0.39 is 0 Å². The number of rotatable bonds is 9. The highest BCUT2D eigenvalue weighted by atomic mass is 19.1. The van der Waals surface area contributed by atoms with E-state index in [1.54, 1.807) is 23.8 Å². The number of methoxy groups -OCH3 is 1. The molecule has 1 aliphatic rings. The lowest BCUT2D eigenvalue weighted by Gasteiger charge is -2.34. The number of ether oxygens (including phenoxy) is 1. The molecule has 0 radical (unpaired) electrons. The summed E-state index contributed by atoms with van der Waals surface area (Å²) >= 11 is 0. The molecule has 0 spiro atoms. The number of ketones is 1. The SMILES string of the molecule is COc1cc(N2CCN(C)CC2)ccc1Nc1nc2ccc(-c3ccc(CC(=O)Cc4ccc(F)cc4)cc3)cn2n1. The van der Waals surface area contributed by atoms with Crippen LogP contribution in [0.5, 0.6) is 5.75 Å². The Morgan fingerprint density at radius 2 is 1.55 bits per heavy atom. The van der Waals surface area contributed by atoms with Gasteiger partial charge in [0.1, 0.15) is 17.3 Å². The van der Waals surface area contributed by atoms with Crippen molar-refractivity contribution in [2.45, 2.75) is 12.8 Å². The zero-order chi connectivity index (χ0) is 29.1. The maximum absolute atomic E-state index is 13.1. The van der Waals surface area contributed by atoms with Gasteiger partial charge in [0.2, 0.25) is 5.95 Å². The van der Waals surface area contributed by atoms with Crippen molar-refractivity contribution in [3.05, 3.63) is 102 Å². The van der Waals surface area contributed by atoms with E-state index in [0.717, 1.165) is 71.2 Å². The molecule has 214 valence electrons. The summed E-state index contributed by atoms with van der Waals surface area (Å²) < 4.78 is 20.6.